The molecule has 0 radical (unpaired) electrons. The number of hydrogen-bond acceptors (Lipinski definition) is 5. The van der Waals surface area contributed by atoms with Gasteiger partial charge in [0.15, 0.2) is 0 Å². The molecule has 34 heavy (non-hydrogen) atoms. The summed E-state index contributed by atoms with van der Waals surface area (Å²) in [7, 11) is -2.64. The summed E-state index contributed by atoms with van der Waals surface area (Å²) in [6.07, 6.45) is 1.10. The highest BCUT2D eigenvalue weighted by molar-refractivity contribution is 8.23. The number of aryl methyl sites for hydroxylation is 1. The number of sulfonamides is 1. The number of carbonyl (C=O) groups excluding carboxylic acids is 1. The number of amides is 1. The van der Waals surface area contributed by atoms with Crippen LogP contribution in [0.3, 0.4) is 0 Å². The number of nitrogens with zero attached hydrogens (tertiary/aromatic N) is 1. The summed E-state index contributed by atoms with van der Waals surface area (Å²) < 4.78 is 28.9. The highest BCUT2D eigenvalue weighted by Gasteiger charge is 2.36. The third-order valence-corrected chi connectivity index (χ3v) is 10.1. The molecular weight excluding hydrogens is 483 g/mol. The van der Waals surface area contributed by atoms with Crippen molar-refractivity contribution in [2.75, 3.05) is 18.6 Å². The Morgan fingerprint density at radius 1 is 0.853 bits per heavy atom. The van der Waals surface area contributed by atoms with Crippen molar-refractivity contribution < 1.29 is 13.2 Å². The van der Waals surface area contributed by atoms with E-state index >= 15 is 0 Å². The summed E-state index contributed by atoms with van der Waals surface area (Å²) in [5.41, 5.74) is 3.54. The second-order valence-corrected chi connectivity index (χ2v) is 12.5. The first-order valence-corrected chi connectivity index (χ1v) is 14.5. The van der Waals surface area contributed by atoms with Crippen molar-refractivity contribution in [2.45, 2.75) is 24.2 Å². The molecule has 0 spiro atoms. The molecule has 1 heterocycles. The number of carbonyl (C=O) groups is 1. The zero-order valence-corrected chi connectivity index (χ0v) is 21.6. The summed E-state index contributed by atoms with van der Waals surface area (Å²) in [5.74, 6) is 0.740. The first-order chi connectivity index (χ1) is 16.4. The Morgan fingerprint density at radius 3 is 2.00 bits per heavy atom. The van der Waals surface area contributed by atoms with E-state index in [4.69, 9.17) is 0 Å². The Bertz CT molecular complexity index is 1260. The van der Waals surface area contributed by atoms with E-state index in [-0.39, 0.29) is 4.90 Å². The summed E-state index contributed by atoms with van der Waals surface area (Å²) in [5, 5.41) is 0. The maximum Gasteiger partial charge on any atom is 0.266 e. The van der Waals surface area contributed by atoms with Gasteiger partial charge in [0, 0.05) is 11.3 Å². The molecule has 1 aliphatic rings. The molecular formula is C27H27NO3S3. The van der Waals surface area contributed by atoms with Gasteiger partial charge in [-0.15, -0.1) is 23.5 Å². The monoisotopic (exact) mass is 509 g/mol. The maximum absolute atomic E-state index is 14.1. The number of hydrogen-bond donors (Lipinski definition) is 0. The summed E-state index contributed by atoms with van der Waals surface area (Å²) >= 11 is 3.49. The van der Waals surface area contributed by atoms with Crippen molar-refractivity contribution in [3.05, 3.63) is 106 Å². The van der Waals surface area contributed by atoms with Crippen LogP contribution in [0.4, 0.5) is 0 Å². The fraction of sp³-hybridized carbons (Fsp3) is 0.222. The number of rotatable bonds is 6. The van der Waals surface area contributed by atoms with Crippen LogP contribution in [0, 0.1) is 6.92 Å². The zero-order valence-electron chi connectivity index (χ0n) is 19.2. The van der Waals surface area contributed by atoms with Gasteiger partial charge in [0.1, 0.15) is 0 Å². The van der Waals surface area contributed by atoms with Crippen LogP contribution in [0.5, 0.6) is 0 Å². The predicted molar refractivity (Wildman–Crippen MR) is 143 cm³/mol. The SMILES string of the molecule is Cc1ccc(S(=O)(=O)N(C)C(=O)C(C(=C2SCCCS2)c2ccccc2)c2ccccc2)cc1. The summed E-state index contributed by atoms with van der Waals surface area (Å²) in [6, 6.07) is 25.9. The van der Waals surface area contributed by atoms with E-state index in [0.717, 1.165) is 48.7 Å². The molecule has 0 saturated carbocycles. The molecule has 1 fully saturated rings. The van der Waals surface area contributed by atoms with E-state index in [0.29, 0.717) is 0 Å². The molecule has 0 N–H and O–H groups in total. The summed E-state index contributed by atoms with van der Waals surface area (Å²) in [4.78, 5) is 14.2. The maximum atomic E-state index is 14.1. The fourth-order valence-corrected chi connectivity index (χ4v) is 7.74. The topological polar surface area (TPSA) is 54.5 Å². The average molecular weight is 510 g/mol. The summed E-state index contributed by atoms with van der Waals surface area (Å²) in [6.45, 7) is 1.90. The van der Waals surface area contributed by atoms with Crippen LogP contribution in [0.2, 0.25) is 0 Å². The molecule has 7 heteroatoms. The minimum absolute atomic E-state index is 0.107. The molecule has 4 nitrogen and oxygen atoms in total. The van der Waals surface area contributed by atoms with Gasteiger partial charge in [0.25, 0.3) is 10.0 Å². The number of likely N-dealkylation sites (N-methyl/N-ethyl adjacent to an activating group) is 1. The van der Waals surface area contributed by atoms with E-state index in [9.17, 15) is 13.2 Å². The van der Waals surface area contributed by atoms with Gasteiger partial charge in [-0.1, -0.05) is 78.4 Å². The van der Waals surface area contributed by atoms with Gasteiger partial charge in [0.05, 0.1) is 10.8 Å². The minimum Gasteiger partial charge on any atom is -0.273 e. The van der Waals surface area contributed by atoms with Crippen LogP contribution in [-0.4, -0.2) is 37.2 Å². The van der Waals surface area contributed by atoms with Gasteiger partial charge in [-0.25, -0.2) is 12.7 Å². The highest BCUT2D eigenvalue weighted by atomic mass is 32.2. The zero-order chi connectivity index (χ0) is 24.1. The van der Waals surface area contributed by atoms with Crippen LogP contribution in [0.15, 0.2) is 94.1 Å². The van der Waals surface area contributed by atoms with Gasteiger partial charge < -0.3 is 0 Å². The van der Waals surface area contributed by atoms with Gasteiger partial charge in [-0.3, -0.25) is 4.79 Å². The highest BCUT2D eigenvalue weighted by Crippen LogP contribution is 2.46. The Morgan fingerprint density at radius 2 is 1.41 bits per heavy atom. The molecule has 4 rings (SSSR count). The molecule has 1 amide bonds. The molecule has 1 atom stereocenters. The lowest BCUT2D eigenvalue weighted by Gasteiger charge is -2.29. The first-order valence-electron chi connectivity index (χ1n) is 11.1. The Hall–Kier alpha value is -2.48. The number of benzene rings is 3. The van der Waals surface area contributed by atoms with Gasteiger partial charge in [-0.05, 0) is 53.7 Å². The van der Waals surface area contributed by atoms with Gasteiger partial charge >= 0.3 is 0 Å². The lowest BCUT2D eigenvalue weighted by Crippen LogP contribution is -2.37. The largest absolute Gasteiger partial charge is 0.273 e. The second kappa shape index (κ2) is 10.8. The van der Waals surface area contributed by atoms with Crippen LogP contribution in [0.25, 0.3) is 5.57 Å². The fourth-order valence-electron chi connectivity index (χ4n) is 3.85. The molecule has 0 aliphatic carbocycles. The second-order valence-electron chi connectivity index (χ2n) is 8.09. The van der Waals surface area contributed by atoms with Crippen molar-refractivity contribution in [3.63, 3.8) is 0 Å². The van der Waals surface area contributed by atoms with Crippen LogP contribution in [-0.2, 0) is 14.8 Å². The average Bonchev–Trinajstić information content (AvgIpc) is 2.88. The van der Waals surface area contributed by atoms with Crippen LogP contribution in [0.1, 0.15) is 29.0 Å². The molecule has 1 saturated heterocycles. The van der Waals surface area contributed by atoms with Gasteiger partial charge in [-0.2, -0.15) is 0 Å². The molecule has 1 unspecified atom stereocenters. The lowest BCUT2D eigenvalue weighted by atomic mass is 9.87. The van der Waals surface area contributed by atoms with E-state index < -0.39 is 21.8 Å². The molecule has 0 aromatic heterocycles. The molecule has 3 aromatic rings. The predicted octanol–water partition coefficient (Wildman–Crippen LogP) is 6.16. The van der Waals surface area contributed by atoms with Crippen LogP contribution >= 0.6 is 23.5 Å². The Labute approximate surface area is 210 Å². The van der Waals surface area contributed by atoms with Crippen molar-refractivity contribution >= 4 is 45.0 Å². The quantitative estimate of drug-likeness (QED) is 0.398. The smallest absolute Gasteiger partial charge is 0.266 e. The number of thioether (sulfide) groups is 2. The van der Waals surface area contributed by atoms with E-state index in [2.05, 4.69) is 0 Å². The Kier molecular flexibility index (Phi) is 7.86. The third kappa shape index (κ3) is 5.27. The van der Waals surface area contributed by atoms with E-state index in [1.807, 2.05) is 67.6 Å². The lowest BCUT2D eigenvalue weighted by molar-refractivity contribution is -0.125. The normalized spacial score (nSPS) is 14.9. The van der Waals surface area contributed by atoms with E-state index in [1.54, 1.807) is 47.8 Å². The van der Waals surface area contributed by atoms with Crippen molar-refractivity contribution in [1.29, 1.82) is 0 Å². The molecule has 0 bridgehead atoms. The third-order valence-electron chi connectivity index (χ3n) is 5.72. The Balaban J connectivity index is 1.85. The van der Waals surface area contributed by atoms with Crippen molar-refractivity contribution in [2.24, 2.45) is 0 Å². The molecule has 1 aliphatic heterocycles. The van der Waals surface area contributed by atoms with Crippen molar-refractivity contribution in [1.82, 2.24) is 4.31 Å². The van der Waals surface area contributed by atoms with Crippen molar-refractivity contribution in [3.8, 4) is 0 Å². The minimum atomic E-state index is -4.01. The molecule has 176 valence electrons. The van der Waals surface area contributed by atoms with Gasteiger partial charge in [0.2, 0.25) is 5.91 Å². The van der Waals surface area contributed by atoms with E-state index in [1.165, 1.54) is 7.05 Å². The standard InChI is InChI=1S/C27H27NO3S3/c1-20-14-16-23(17-15-20)34(30,31)28(2)26(29)24(21-10-5-3-6-11-21)25(22-12-7-4-8-13-22)27-32-18-9-19-33-27/h3-8,10-17,24H,9,18-19H2,1-2H3. The molecule has 3 aromatic carbocycles. The first kappa shape index (κ1) is 24.6. The van der Waals surface area contributed by atoms with Crippen LogP contribution < -0.4 is 0 Å².